The van der Waals surface area contributed by atoms with Crippen LogP contribution in [-0.2, 0) is 0 Å². The number of piperidine rings is 1. The lowest BCUT2D eigenvalue weighted by atomic mass is 9.89. The van der Waals surface area contributed by atoms with Crippen molar-refractivity contribution in [2.75, 3.05) is 19.7 Å². The molecule has 0 aromatic carbocycles. The van der Waals surface area contributed by atoms with Gasteiger partial charge in [-0.3, -0.25) is 0 Å². The Hall–Kier alpha value is -0.120. The molecule has 14 heavy (non-hydrogen) atoms. The molecule has 1 aliphatic heterocycles. The summed E-state index contributed by atoms with van der Waals surface area (Å²) in [6.45, 7) is 6.89. The van der Waals surface area contributed by atoms with Crippen molar-refractivity contribution in [3.05, 3.63) is 0 Å². The number of aliphatic hydroxyl groups is 1. The molecule has 0 aromatic heterocycles. The second-order valence-corrected chi connectivity index (χ2v) is 4.55. The fourth-order valence-corrected chi connectivity index (χ4v) is 2.24. The maximum atomic E-state index is 9.02. The predicted octanol–water partition coefficient (Wildman–Crippen LogP) is 0.735. The van der Waals surface area contributed by atoms with Crippen molar-refractivity contribution in [1.82, 2.24) is 10.6 Å². The summed E-state index contributed by atoms with van der Waals surface area (Å²) in [6, 6.07) is 0.987. The summed E-state index contributed by atoms with van der Waals surface area (Å²) in [5.41, 5.74) is 0. The zero-order valence-electron chi connectivity index (χ0n) is 9.42. The Morgan fingerprint density at radius 3 is 2.79 bits per heavy atom. The third kappa shape index (κ3) is 3.95. The molecule has 1 aliphatic rings. The van der Waals surface area contributed by atoms with Crippen molar-refractivity contribution in [2.24, 2.45) is 5.92 Å². The van der Waals surface area contributed by atoms with Crippen molar-refractivity contribution < 1.29 is 5.11 Å². The normalized spacial score (nSPS) is 25.3. The number of aliphatic hydroxyl groups excluding tert-OH is 1. The molecule has 0 saturated carbocycles. The molecule has 0 radical (unpaired) electrons. The second-order valence-electron chi connectivity index (χ2n) is 4.55. The van der Waals surface area contributed by atoms with Gasteiger partial charge in [0.1, 0.15) is 0 Å². The van der Waals surface area contributed by atoms with Crippen LogP contribution < -0.4 is 10.6 Å². The molecule has 3 N–H and O–H groups in total. The van der Waals surface area contributed by atoms with E-state index in [-0.39, 0.29) is 0 Å². The molecule has 84 valence electrons. The molecule has 1 rings (SSSR count). The molecule has 0 aromatic rings. The lowest BCUT2D eigenvalue weighted by Gasteiger charge is -2.32. The first-order valence-electron chi connectivity index (χ1n) is 5.81. The second kappa shape index (κ2) is 6.38. The third-order valence-corrected chi connectivity index (χ3v) is 2.89. The summed E-state index contributed by atoms with van der Waals surface area (Å²) in [6.07, 6.45) is 3.44. The van der Waals surface area contributed by atoms with Crippen LogP contribution in [0.15, 0.2) is 0 Å². The first kappa shape index (κ1) is 12.0. The van der Waals surface area contributed by atoms with E-state index in [0.29, 0.717) is 24.6 Å². The van der Waals surface area contributed by atoms with E-state index < -0.39 is 0 Å². The van der Waals surface area contributed by atoms with Gasteiger partial charge < -0.3 is 15.7 Å². The van der Waals surface area contributed by atoms with Crippen LogP contribution in [-0.4, -0.2) is 36.9 Å². The Morgan fingerprint density at radius 2 is 2.29 bits per heavy atom. The van der Waals surface area contributed by atoms with Gasteiger partial charge in [0.15, 0.2) is 0 Å². The number of nitrogens with one attached hydrogen (secondary N) is 2. The molecule has 0 spiro atoms. The van der Waals surface area contributed by atoms with Gasteiger partial charge in [-0.25, -0.2) is 0 Å². The molecule has 1 saturated heterocycles. The van der Waals surface area contributed by atoms with Crippen LogP contribution in [0.4, 0.5) is 0 Å². The highest BCUT2D eigenvalue weighted by Gasteiger charge is 2.23. The van der Waals surface area contributed by atoms with Gasteiger partial charge in [-0.1, -0.05) is 13.8 Å². The predicted molar refractivity (Wildman–Crippen MR) is 59.4 cm³/mol. The van der Waals surface area contributed by atoms with Gasteiger partial charge >= 0.3 is 0 Å². The average molecular weight is 200 g/mol. The SMILES string of the molecule is CC(C)N[C@@H](CCO)[C@H]1CCCNC1. The third-order valence-electron chi connectivity index (χ3n) is 2.89. The molecule has 3 nitrogen and oxygen atoms in total. The summed E-state index contributed by atoms with van der Waals surface area (Å²) in [7, 11) is 0. The Bertz CT molecular complexity index is 144. The van der Waals surface area contributed by atoms with Gasteiger partial charge in [-0.2, -0.15) is 0 Å². The van der Waals surface area contributed by atoms with E-state index in [1.54, 1.807) is 0 Å². The van der Waals surface area contributed by atoms with E-state index in [2.05, 4.69) is 24.5 Å². The van der Waals surface area contributed by atoms with E-state index in [0.717, 1.165) is 19.5 Å². The number of hydrogen-bond acceptors (Lipinski definition) is 3. The van der Waals surface area contributed by atoms with Crippen LogP contribution in [0.2, 0.25) is 0 Å². The minimum absolute atomic E-state index is 0.293. The van der Waals surface area contributed by atoms with Crippen LogP contribution in [0.1, 0.15) is 33.1 Å². The summed E-state index contributed by atoms with van der Waals surface area (Å²) in [4.78, 5) is 0. The zero-order chi connectivity index (χ0) is 10.4. The van der Waals surface area contributed by atoms with Crippen LogP contribution in [0.25, 0.3) is 0 Å². The molecule has 1 fully saturated rings. The number of hydrogen-bond donors (Lipinski definition) is 3. The summed E-state index contributed by atoms with van der Waals surface area (Å²) >= 11 is 0. The minimum atomic E-state index is 0.293. The van der Waals surface area contributed by atoms with Crippen molar-refractivity contribution in [3.63, 3.8) is 0 Å². The monoisotopic (exact) mass is 200 g/mol. The highest BCUT2D eigenvalue weighted by Crippen LogP contribution is 2.17. The van der Waals surface area contributed by atoms with Crippen LogP contribution >= 0.6 is 0 Å². The molecular formula is C11H24N2O. The largest absolute Gasteiger partial charge is 0.396 e. The van der Waals surface area contributed by atoms with Gasteiger partial charge in [-0.15, -0.1) is 0 Å². The Morgan fingerprint density at radius 1 is 1.50 bits per heavy atom. The molecule has 0 aliphatic carbocycles. The molecule has 1 heterocycles. The van der Waals surface area contributed by atoms with E-state index in [1.807, 2.05) is 0 Å². The smallest absolute Gasteiger partial charge is 0.0445 e. The van der Waals surface area contributed by atoms with Crippen molar-refractivity contribution >= 4 is 0 Å². The Kier molecular flexibility index (Phi) is 5.45. The van der Waals surface area contributed by atoms with Gasteiger partial charge in [0.05, 0.1) is 0 Å². The van der Waals surface area contributed by atoms with Crippen molar-refractivity contribution in [2.45, 2.75) is 45.2 Å². The van der Waals surface area contributed by atoms with Crippen LogP contribution in [0.3, 0.4) is 0 Å². The van der Waals surface area contributed by atoms with E-state index in [4.69, 9.17) is 5.11 Å². The standard InChI is InChI=1S/C11H24N2O/c1-9(2)13-11(5-7-14)10-4-3-6-12-8-10/h9-14H,3-8H2,1-2H3/t10-,11-/m0/s1. The Labute approximate surface area is 87.3 Å². The lowest BCUT2D eigenvalue weighted by Crippen LogP contribution is -2.46. The first-order valence-corrected chi connectivity index (χ1v) is 5.81. The van der Waals surface area contributed by atoms with E-state index in [1.165, 1.54) is 12.8 Å². The summed E-state index contributed by atoms with van der Waals surface area (Å²) < 4.78 is 0. The highest BCUT2D eigenvalue weighted by molar-refractivity contribution is 4.82. The van der Waals surface area contributed by atoms with Gasteiger partial charge in [0.2, 0.25) is 0 Å². The van der Waals surface area contributed by atoms with E-state index >= 15 is 0 Å². The van der Waals surface area contributed by atoms with Gasteiger partial charge in [0.25, 0.3) is 0 Å². The fraction of sp³-hybridized carbons (Fsp3) is 1.00. The number of rotatable bonds is 5. The van der Waals surface area contributed by atoms with Crippen molar-refractivity contribution in [3.8, 4) is 0 Å². The van der Waals surface area contributed by atoms with Gasteiger partial charge in [-0.05, 0) is 38.3 Å². The molecular weight excluding hydrogens is 176 g/mol. The van der Waals surface area contributed by atoms with Crippen molar-refractivity contribution in [1.29, 1.82) is 0 Å². The topological polar surface area (TPSA) is 44.3 Å². The maximum absolute atomic E-state index is 9.02. The molecule has 0 amide bonds. The van der Waals surface area contributed by atoms with Gasteiger partial charge in [0, 0.05) is 18.7 Å². The fourth-order valence-electron chi connectivity index (χ4n) is 2.24. The summed E-state index contributed by atoms with van der Waals surface area (Å²) in [5, 5.41) is 16.0. The molecule has 0 bridgehead atoms. The quantitative estimate of drug-likeness (QED) is 0.613. The summed E-state index contributed by atoms with van der Waals surface area (Å²) in [5.74, 6) is 0.693. The first-order chi connectivity index (χ1) is 6.74. The van der Waals surface area contributed by atoms with Crippen LogP contribution in [0, 0.1) is 5.92 Å². The molecule has 2 atom stereocenters. The Balaban J connectivity index is 2.38. The highest BCUT2D eigenvalue weighted by atomic mass is 16.3. The zero-order valence-corrected chi connectivity index (χ0v) is 9.42. The average Bonchev–Trinajstić information content (AvgIpc) is 2.18. The molecule has 3 heteroatoms. The van der Waals surface area contributed by atoms with E-state index in [9.17, 15) is 0 Å². The maximum Gasteiger partial charge on any atom is 0.0445 e. The molecule has 0 unspecified atom stereocenters. The lowest BCUT2D eigenvalue weighted by molar-refractivity contribution is 0.207. The minimum Gasteiger partial charge on any atom is -0.396 e. The van der Waals surface area contributed by atoms with Crippen LogP contribution in [0.5, 0.6) is 0 Å².